The quantitative estimate of drug-likeness (QED) is 0.0104. The minimum atomic E-state index is -2.62. The van der Waals surface area contributed by atoms with Crippen LogP contribution in [0, 0.1) is 0 Å². The SMILES string of the molecule is CO[Si](CCCOCC(O)CNCCCNC(=O)CCC(=O)OCCOCCOCCOCCOC(=O)CCNC(=O)CCC(=O)N[C@@H](CCCN=C(N)N)C(=O)O)(OC)OC. The lowest BCUT2D eigenvalue weighted by atomic mass is 10.1. The van der Waals surface area contributed by atoms with Crippen molar-refractivity contribution in [2.75, 3.05) is 120 Å². The summed E-state index contributed by atoms with van der Waals surface area (Å²) in [5, 5.41) is 30.0. The number of esters is 2. The molecule has 1 unspecified atom stereocenters. The second kappa shape index (κ2) is 38.6. The number of nitrogens with one attached hydrogen (secondary N) is 4. The number of carboxylic acids is 1. The highest BCUT2D eigenvalue weighted by atomic mass is 28.4. The van der Waals surface area contributed by atoms with E-state index in [1.54, 1.807) is 21.3 Å². The number of rotatable bonds is 42. The molecule has 0 aromatic heterocycles. The predicted molar refractivity (Wildman–Crippen MR) is 223 cm³/mol. The summed E-state index contributed by atoms with van der Waals surface area (Å²) in [6.07, 6.45) is 0.523. The number of aliphatic hydroxyl groups excluding tert-OH is 1. The average molecular weight is 914 g/mol. The fourth-order valence-corrected chi connectivity index (χ4v) is 6.69. The molecule has 0 radical (unpaired) electrons. The first-order valence-corrected chi connectivity index (χ1v) is 22.5. The molecule has 0 bridgehead atoms. The summed E-state index contributed by atoms with van der Waals surface area (Å²) < 4.78 is 47.8. The normalized spacial score (nSPS) is 12.2. The van der Waals surface area contributed by atoms with Crippen LogP contribution in [0.15, 0.2) is 4.99 Å². The Labute approximate surface area is 364 Å². The number of amides is 3. The van der Waals surface area contributed by atoms with Gasteiger partial charge < -0.3 is 84.6 Å². The molecule has 3 amide bonds. The minimum Gasteiger partial charge on any atom is -0.480 e. The van der Waals surface area contributed by atoms with Crippen molar-refractivity contribution in [2.45, 2.75) is 76.0 Å². The minimum absolute atomic E-state index is 0.00151. The Morgan fingerprint density at radius 3 is 1.73 bits per heavy atom. The molecule has 0 spiro atoms. The van der Waals surface area contributed by atoms with Crippen LogP contribution in [0.5, 0.6) is 0 Å². The molecule has 0 saturated heterocycles. The van der Waals surface area contributed by atoms with Gasteiger partial charge in [0.15, 0.2) is 5.96 Å². The number of aliphatic hydroxyl groups is 1. The molecular formula is C37H71N7O17Si. The van der Waals surface area contributed by atoms with E-state index in [9.17, 15) is 39.0 Å². The van der Waals surface area contributed by atoms with Gasteiger partial charge in [0.1, 0.15) is 19.3 Å². The van der Waals surface area contributed by atoms with Gasteiger partial charge in [-0.3, -0.25) is 29.0 Å². The molecule has 10 N–H and O–H groups in total. The first-order chi connectivity index (χ1) is 29.8. The predicted octanol–water partition coefficient (Wildman–Crippen LogP) is -2.45. The first kappa shape index (κ1) is 57.9. The van der Waals surface area contributed by atoms with Gasteiger partial charge in [0.25, 0.3) is 0 Å². The van der Waals surface area contributed by atoms with E-state index in [4.69, 9.17) is 53.2 Å². The Balaban J connectivity index is 3.64. The monoisotopic (exact) mass is 913 g/mol. The molecule has 62 heavy (non-hydrogen) atoms. The smallest absolute Gasteiger partial charge is 0.480 e. The van der Waals surface area contributed by atoms with Crippen molar-refractivity contribution < 1.29 is 80.7 Å². The maximum absolute atomic E-state index is 12.1. The molecule has 0 saturated carbocycles. The standard InChI is InChI=1S/C37H71N7O17Si/c1-53-62(54-2,55-3)26-6-17-59-28-29(45)27-40-13-5-15-41-32(47)10-11-34(49)60-24-22-57-20-18-56-19-21-58-23-25-61-35(50)12-16-42-31(46)8-9-33(48)44-30(36(51)52)7-4-14-43-37(38)39/h29-30,40,45H,4-28H2,1-3H3,(H,41,47)(H,42,46)(H,44,48)(H,51,52)(H4,38,39,43)/t29?,30-/m0/s1. The summed E-state index contributed by atoms with van der Waals surface area (Å²) in [5.41, 5.74) is 10.4. The van der Waals surface area contributed by atoms with Gasteiger partial charge in [0.2, 0.25) is 17.7 Å². The van der Waals surface area contributed by atoms with E-state index in [0.29, 0.717) is 51.5 Å². The zero-order valence-corrected chi connectivity index (χ0v) is 37.5. The van der Waals surface area contributed by atoms with E-state index in [0.717, 1.165) is 0 Å². The van der Waals surface area contributed by atoms with Crippen LogP contribution < -0.4 is 32.7 Å². The number of nitrogens with zero attached hydrogens (tertiary/aromatic N) is 1. The van der Waals surface area contributed by atoms with Crippen LogP contribution in [0.3, 0.4) is 0 Å². The van der Waals surface area contributed by atoms with Crippen molar-refractivity contribution in [3.05, 3.63) is 0 Å². The van der Waals surface area contributed by atoms with Crippen molar-refractivity contribution in [3.8, 4) is 0 Å². The number of aliphatic carboxylic acids is 1. The highest BCUT2D eigenvalue weighted by molar-refractivity contribution is 6.60. The Hall–Kier alpha value is -4.05. The lowest BCUT2D eigenvalue weighted by Crippen LogP contribution is -2.42. The van der Waals surface area contributed by atoms with Gasteiger partial charge in [0.05, 0.1) is 65.2 Å². The third-order valence-corrected chi connectivity index (χ3v) is 11.2. The van der Waals surface area contributed by atoms with Gasteiger partial charge in [-0.2, -0.15) is 0 Å². The van der Waals surface area contributed by atoms with Crippen molar-refractivity contribution >= 4 is 50.4 Å². The highest BCUT2D eigenvalue weighted by Crippen LogP contribution is 2.14. The van der Waals surface area contributed by atoms with E-state index in [2.05, 4.69) is 26.3 Å². The van der Waals surface area contributed by atoms with E-state index in [1.165, 1.54) is 0 Å². The highest BCUT2D eigenvalue weighted by Gasteiger charge is 2.36. The molecule has 360 valence electrons. The molecule has 2 atom stereocenters. The largest absolute Gasteiger partial charge is 0.500 e. The zero-order valence-electron chi connectivity index (χ0n) is 36.5. The number of guanidine groups is 1. The van der Waals surface area contributed by atoms with Crippen LogP contribution >= 0.6 is 0 Å². The van der Waals surface area contributed by atoms with Gasteiger partial charge in [0, 0.05) is 79.4 Å². The van der Waals surface area contributed by atoms with E-state index in [1.807, 2.05) is 0 Å². The van der Waals surface area contributed by atoms with Crippen molar-refractivity contribution in [3.63, 3.8) is 0 Å². The van der Waals surface area contributed by atoms with Gasteiger partial charge in [-0.05, 0) is 32.2 Å². The summed E-state index contributed by atoms with van der Waals surface area (Å²) in [5.74, 6) is -3.75. The molecule has 0 aliphatic heterocycles. The number of carbonyl (C=O) groups is 6. The number of carboxylic acid groups (broad SMARTS) is 1. The lowest BCUT2D eigenvalue weighted by Gasteiger charge is -2.24. The average Bonchev–Trinajstić information content (AvgIpc) is 3.24. The van der Waals surface area contributed by atoms with Crippen LogP contribution in [0.25, 0.3) is 0 Å². The molecular weight excluding hydrogens is 843 g/mol. The second-order valence-corrected chi connectivity index (χ2v) is 16.4. The van der Waals surface area contributed by atoms with E-state index < -0.39 is 50.7 Å². The Bertz CT molecular complexity index is 1270. The third kappa shape index (κ3) is 34.5. The zero-order chi connectivity index (χ0) is 46.3. The Morgan fingerprint density at radius 1 is 0.629 bits per heavy atom. The maximum atomic E-state index is 12.1. The first-order valence-electron chi connectivity index (χ1n) is 20.5. The van der Waals surface area contributed by atoms with Gasteiger partial charge in [-0.25, -0.2) is 4.79 Å². The fourth-order valence-electron chi connectivity index (χ4n) is 5.00. The number of hydrogen-bond acceptors (Lipinski definition) is 18. The van der Waals surface area contributed by atoms with Crippen LogP contribution in [0.2, 0.25) is 6.04 Å². The number of hydrogen-bond donors (Lipinski definition) is 8. The van der Waals surface area contributed by atoms with Gasteiger partial charge in [-0.1, -0.05) is 0 Å². The van der Waals surface area contributed by atoms with E-state index >= 15 is 0 Å². The summed E-state index contributed by atoms with van der Waals surface area (Å²) in [7, 11) is 2.05. The molecule has 25 heteroatoms. The molecule has 0 rings (SSSR count). The number of aliphatic imine (C=N–C) groups is 1. The second-order valence-electron chi connectivity index (χ2n) is 13.3. The number of carbonyl (C=O) groups excluding carboxylic acids is 5. The van der Waals surface area contributed by atoms with Crippen LogP contribution in [-0.2, 0) is 70.5 Å². The topological polar surface area (TPSA) is 338 Å². The maximum Gasteiger partial charge on any atom is 0.500 e. The molecule has 0 heterocycles. The Kier molecular flexibility index (Phi) is 36.1. The molecule has 0 aromatic rings. The lowest BCUT2D eigenvalue weighted by molar-refractivity contribution is -0.146. The van der Waals surface area contributed by atoms with Gasteiger partial charge >= 0.3 is 26.7 Å². The van der Waals surface area contributed by atoms with E-state index in [-0.39, 0.29) is 123 Å². The van der Waals surface area contributed by atoms with Crippen molar-refractivity contribution in [1.29, 1.82) is 0 Å². The summed E-state index contributed by atoms with van der Waals surface area (Å²) >= 11 is 0. The third-order valence-electron chi connectivity index (χ3n) is 8.34. The van der Waals surface area contributed by atoms with Gasteiger partial charge in [-0.15, -0.1) is 0 Å². The van der Waals surface area contributed by atoms with Crippen molar-refractivity contribution in [2.24, 2.45) is 16.5 Å². The number of nitrogens with two attached hydrogens (primary N) is 2. The summed E-state index contributed by atoms with van der Waals surface area (Å²) in [6.45, 7) is 3.59. The number of ether oxygens (including phenoxy) is 6. The van der Waals surface area contributed by atoms with Crippen LogP contribution in [-0.4, -0.2) is 193 Å². The summed E-state index contributed by atoms with van der Waals surface area (Å²) in [6, 6.07) is -0.529. The molecule has 0 aliphatic rings. The molecule has 24 nitrogen and oxygen atoms in total. The fraction of sp³-hybridized carbons (Fsp3) is 0.811. The van der Waals surface area contributed by atoms with Crippen LogP contribution in [0.4, 0.5) is 0 Å². The van der Waals surface area contributed by atoms with Crippen LogP contribution in [0.1, 0.15) is 57.8 Å². The molecule has 0 aromatic carbocycles. The Morgan fingerprint density at radius 2 is 1.16 bits per heavy atom. The summed E-state index contributed by atoms with van der Waals surface area (Å²) in [4.78, 5) is 74.9. The van der Waals surface area contributed by atoms with Crippen molar-refractivity contribution in [1.82, 2.24) is 21.3 Å². The molecule has 0 aliphatic carbocycles. The molecule has 0 fully saturated rings.